The Hall–Kier alpha value is -1.31. The molecule has 70 valence electrons. The highest BCUT2D eigenvalue weighted by molar-refractivity contribution is 7.87. The molecule has 1 aromatic carbocycles. The zero-order valence-electron chi connectivity index (χ0n) is 6.43. The van der Waals surface area contributed by atoms with Crippen molar-refractivity contribution in [3.8, 4) is 0 Å². The van der Waals surface area contributed by atoms with E-state index >= 15 is 0 Å². The summed E-state index contributed by atoms with van der Waals surface area (Å²) in [5, 5.41) is 0. The normalized spacial score (nSPS) is 15.3. The van der Waals surface area contributed by atoms with Crippen LogP contribution >= 0.6 is 0 Å². The second kappa shape index (κ2) is 2.59. The molecule has 0 fully saturated rings. The Morgan fingerprint density at radius 1 is 1.31 bits per heavy atom. The summed E-state index contributed by atoms with van der Waals surface area (Å²) in [6.45, 7) is 0. The minimum Gasteiger partial charge on any atom is -0.301 e. The fourth-order valence-corrected chi connectivity index (χ4v) is 1.68. The molecule has 0 aromatic heterocycles. The van der Waals surface area contributed by atoms with Crippen molar-refractivity contribution in [3.63, 3.8) is 0 Å². The van der Waals surface area contributed by atoms with E-state index in [-0.39, 0.29) is 0 Å². The zero-order valence-corrected chi connectivity index (χ0v) is 7.25. The van der Waals surface area contributed by atoms with Crippen molar-refractivity contribution in [1.82, 2.24) is 5.53 Å². The van der Waals surface area contributed by atoms with Gasteiger partial charge in [-0.15, -0.1) is 5.53 Å². The van der Waals surface area contributed by atoms with E-state index in [4.69, 9.17) is 4.55 Å². The summed E-state index contributed by atoms with van der Waals surface area (Å²) in [6.07, 6.45) is 0. The van der Waals surface area contributed by atoms with Gasteiger partial charge in [-0.3, -0.25) is 4.55 Å². The summed E-state index contributed by atoms with van der Waals surface area (Å²) in [7, 11) is -4.26. The number of nitrogens with one attached hydrogen (secondary N) is 2. The lowest BCUT2D eigenvalue weighted by Gasteiger charge is -2.11. The van der Waals surface area contributed by atoms with Crippen LogP contribution in [0.5, 0.6) is 0 Å². The molecule has 6 nitrogen and oxygen atoms in total. The van der Waals surface area contributed by atoms with Crippen molar-refractivity contribution < 1.29 is 13.0 Å². The monoisotopic (exact) mass is 201 g/mol. The topological polar surface area (TPSA) is 81.7 Å². The molecule has 0 saturated carbocycles. The minimum absolute atomic E-state index is 0.366. The summed E-state index contributed by atoms with van der Waals surface area (Å²) in [5.41, 5.74) is 5.86. The first-order chi connectivity index (χ1) is 6.09. The van der Waals surface area contributed by atoms with Gasteiger partial charge in [-0.1, -0.05) is 12.1 Å². The summed E-state index contributed by atoms with van der Waals surface area (Å²) >= 11 is 0. The lowest BCUT2D eigenvalue weighted by molar-refractivity contribution is 0.474. The maximum absolute atomic E-state index is 10.8. The molecule has 0 spiro atoms. The highest BCUT2D eigenvalue weighted by atomic mass is 32.2. The van der Waals surface area contributed by atoms with E-state index in [1.165, 1.54) is 0 Å². The summed E-state index contributed by atoms with van der Waals surface area (Å²) in [6, 6.07) is 6.68. The van der Waals surface area contributed by atoms with Gasteiger partial charge in [0.2, 0.25) is 0 Å². The van der Waals surface area contributed by atoms with Crippen LogP contribution in [0.15, 0.2) is 24.3 Å². The third-order valence-electron chi connectivity index (χ3n) is 1.65. The maximum atomic E-state index is 10.8. The molecule has 0 radical (unpaired) electrons. The van der Waals surface area contributed by atoms with Crippen molar-refractivity contribution in [1.29, 1.82) is 0 Å². The lowest BCUT2D eigenvalue weighted by atomic mass is 10.3. The van der Waals surface area contributed by atoms with Crippen LogP contribution in [0.4, 0.5) is 11.4 Å². The first kappa shape index (κ1) is 8.30. The Labute approximate surface area is 75.0 Å². The fourth-order valence-electron chi connectivity index (χ4n) is 1.11. The number of benzene rings is 1. The lowest BCUT2D eigenvalue weighted by Crippen LogP contribution is -2.40. The largest absolute Gasteiger partial charge is 0.375 e. The van der Waals surface area contributed by atoms with E-state index in [0.717, 1.165) is 0 Å². The summed E-state index contributed by atoms with van der Waals surface area (Å²) < 4.78 is 31.0. The average Bonchev–Trinajstić information content (AvgIpc) is 2.45. The third kappa shape index (κ3) is 1.32. The van der Waals surface area contributed by atoms with Crippen molar-refractivity contribution in [2.24, 2.45) is 0 Å². The molecular weight excluding hydrogens is 194 g/mol. The Morgan fingerprint density at radius 2 is 2.00 bits per heavy atom. The predicted octanol–water partition coefficient (Wildman–Crippen LogP) is 0.141. The number of nitrogens with zero attached hydrogens (tertiary/aromatic N) is 1. The van der Waals surface area contributed by atoms with Crippen LogP contribution in [-0.2, 0) is 10.3 Å². The number of hydrogen-bond acceptors (Lipinski definition) is 4. The van der Waals surface area contributed by atoms with Gasteiger partial charge in [-0.2, -0.15) is 12.8 Å². The number of para-hydroxylation sites is 2. The minimum atomic E-state index is -4.26. The van der Waals surface area contributed by atoms with Crippen LogP contribution in [0, 0.1) is 0 Å². The van der Waals surface area contributed by atoms with E-state index in [9.17, 15) is 8.42 Å². The Balaban J connectivity index is 2.51. The Kier molecular flexibility index (Phi) is 1.65. The molecule has 0 bridgehead atoms. The van der Waals surface area contributed by atoms with Crippen LogP contribution < -0.4 is 15.4 Å². The molecule has 1 aliphatic rings. The molecule has 0 saturated heterocycles. The summed E-state index contributed by atoms with van der Waals surface area (Å²) in [4.78, 5) is 0. The molecule has 1 aliphatic heterocycles. The second-order valence-electron chi connectivity index (χ2n) is 2.50. The molecule has 0 atom stereocenters. The first-order valence-electron chi connectivity index (χ1n) is 3.47. The van der Waals surface area contributed by atoms with Crippen LogP contribution in [0.2, 0.25) is 0 Å². The van der Waals surface area contributed by atoms with Crippen LogP contribution in [0.1, 0.15) is 0 Å². The van der Waals surface area contributed by atoms with Gasteiger partial charge >= 0.3 is 10.3 Å². The van der Waals surface area contributed by atoms with E-state index in [1.54, 1.807) is 24.3 Å². The van der Waals surface area contributed by atoms with Crippen molar-refractivity contribution in [3.05, 3.63) is 24.3 Å². The van der Waals surface area contributed by atoms with E-state index in [2.05, 4.69) is 11.0 Å². The van der Waals surface area contributed by atoms with Gasteiger partial charge in [0.1, 0.15) is 0 Å². The number of rotatable bonds is 1. The van der Waals surface area contributed by atoms with Crippen molar-refractivity contribution in [2.75, 3.05) is 9.84 Å². The molecule has 1 heterocycles. The maximum Gasteiger partial charge on any atom is 0.375 e. The predicted molar refractivity (Wildman–Crippen MR) is 47.2 cm³/mol. The molecule has 0 amide bonds. The number of hydrazine groups is 2. The van der Waals surface area contributed by atoms with Crippen LogP contribution in [-0.4, -0.2) is 13.0 Å². The zero-order chi connectivity index (χ0) is 9.47. The fraction of sp³-hybridized carbons (Fsp3) is 0. The molecule has 13 heavy (non-hydrogen) atoms. The number of anilines is 2. The SMILES string of the molecule is O=S(=O)(O)N1NNc2ccccc21. The molecular formula is C6H7N3O3S. The highest BCUT2D eigenvalue weighted by Crippen LogP contribution is 2.29. The van der Waals surface area contributed by atoms with Gasteiger partial charge in [0.15, 0.2) is 0 Å². The second-order valence-corrected chi connectivity index (χ2v) is 3.76. The van der Waals surface area contributed by atoms with E-state index in [0.29, 0.717) is 15.8 Å². The number of hydrogen-bond donors (Lipinski definition) is 3. The molecule has 7 heteroatoms. The Morgan fingerprint density at radius 3 is 2.69 bits per heavy atom. The Bertz CT molecular complexity index is 431. The van der Waals surface area contributed by atoms with Crippen molar-refractivity contribution >= 4 is 21.7 Å². The van der Waals surface area contributed by atoms with Crippen LogP contribution in [0.25, 0.3) is 0 Å². The molecule has 1 aromatic rings. The smallest absolute Gasteiger partial charge is 0.301 e. The number of fused-ring (bicyclic) bond motifs is 1. The van der Waals surface area contributed by atoms with Gasteiger partial charge in [0.05, 0.1) is 11.4 Å². The van der Waals surface area contributed by atoms with Gasteiger partial charge in [-0.05, 0) is 12.1 Å². The van der Waals surface area contributed by atoms with Gasteiger partial charge in [-0.25, -0.2) is 0 Å². The molecule has 0 aliphatic carbocycles. The van der Waals surface area contributed by atoms with Gasteiger partial charge < -0.3 is 5.43 Å². The quantitative estimate of drug-likeness (QED) is 0.563. The first-order valence-corrected chi connectivity index (χ1v) is 4.87. The third-order valence-corrected chi connectivity index (χ3v) is 2.40. The average molecular weight is 201 g/mol. The van der Waals surface area contributed by atoms with Gasteiger partial charge in [0, 0.05) is 0 Å². The molecule has 2 rings (SSSR count). The van der Waals surface area contributed by atoms with Crippen molar-refractivity contribution in [2.45, 2.75) is 0 Å². The molecule has 3 N–H and O–H groups in total. The summed E-state index contributed by atoms with van der Waals surface area (Å²) in [5.74, 6) is 0. The standard InChI is InChI=1S/C6H7N3O3S/c10-13(11,12)9-6-4-2-1-3-5(6)7-8-9/h1-4,7-8H,(H,10,11,12). The van der Waals surface area contributed by atoms with E-state index in [1.807, 2.05) is 0 Å². The van der Waals surface area contributed by atoms with Crippen LogP contribution in [0.3, 0.4) is 0 Å². The van der Waals surface area contributed by atoms with E-state index < -0.39 is 10.3 Å². The highest BCUT2D eigenvalue weighted by Gasteiger charge is 2.26. The molecule has 0 unspecified atom stereocenters. The van der Waals surface area contributed by atoms with Gasteiger partial charge in [0.25, 0.3) is 0 Å².